The maximum absolute atomic E-state index is 11.8. The first-order chi connectivity index (χ1) is 8.30. The maximum atomic E-state index is 11.8. The van der Waals surface area contributed by atoms with Gasteiger partial charge in [0.1, 0.15) is 0 Å². The number of ether oxygens (including phenoxy) is 1. The second-order valence-electron chi connectivity index (χ2n) is 4.51. The van der Waals surface area contributed by atoms with Crippen LogP contribution in [-0.2, 0) is 9.53 Å². The van der Waals surface area contributed by atoms with Gasteiger partial charge in [0.2, 0.25) is 0 Å². The van der Waals surface area contributed by atoms with Gasteiger partial charge in [-0.25, -0.2) is 0 Å². The van der Waals surface area contributed by atoms with Gasteiger partial charge in [0, 0.05) is 15.6 Å². The zero-order chi connectivity index (χ0) is 13.9. The van der Waals surface area contributed by atoms with Crippen LogP contribution in [0.3, 0.4) is 0 Å². The first-order valence-corrected chi connectivity index (χ1v) is 6.36. The minimum atomic E-state index is -1.09. The number of hydrogen-bond acceptors (Lipinski definition) is 3. The van der Waals surface area contributed by atoms with Crippen molar-refractivity contribution in [3.8, 4) is 0 Å². The van der Waals surface area contributed by atoms with E-state index in [4.69, 9.17) is 27.9 Å². The molecule has 1 aromatic rings. The van der Waals surface area contributed by atoms with E-state index in [1.807, 2.05) is 0 Å². The summed E-state index contributed by atoms with van der Waals surface area (Å²) in [6, 6.07) is 4.76. The molecule has 0 saturated heterocycles. The maximum Gasteiger partial charge on any atom is 0.314 e. The highest BCUT2D eigenvalue weighted by Crippen LogP contribution is 2.38. The Balaban J connectivity index is 3.08. The molecule has 0 aliphatic carbocycles. The Hall–Kier alpha value is -0.770. The van der Waals surface area contributed by atoms with Crippen LogP contribution in [0.25, 0.3) is 0 Å². The number of aliphatic hydroxyl groups excluding tert-OH is 1. The van der Waals surface area contributed by atoms with Gasteiger partial charge in [0.15, 0.2) is 0 Å². The fraction of sp³-hybridized carbons (Fsp3) is 0.462. The molecule has 0 fully saturated rings. The van der Waals surface area contributed by atoms with E-state index < -0.39 is 17.5 Å². The third-order valence-electron chi connectivity index (χ3n) is 2.74. The van der Waals surface area contributed by atoms with E-state index >= 15 is 0 Å². The average molecular weight is 291 g/mol. The van der Waals surface area contributed by atoms with Gasteiger partial charge in [-0.3, -0.25) is 4.79 Å². The molecule has 0 aliphatic rings. The fourth-order valence-corrected chi connectivity index (χ4v) is 1.94. The van der Waals surface area contributed by atoms with E-state index in [9.17, 15) is 9.90 Å². The van der Waals surface area contributed by atoms with Crippen LogP contribution in [0.2, 0.25) is 10.0 Å². The van der Waals surface area contributed by atoms with Crippen molar-refractivity contribution in [3.63, 3.8) is 0 Å². The number of carbonyl (C=O) groups excluding carboxylic acids is 1. The van der Waals surface area contributed by atoms with Gasteiger partial charge in [-0.2, -0.15) is 0 Å². The van der Waals surface area contributed by atoms with Crippen molar-refractivity contribution in [3.05, 3.63) is 33.8 Å². The van der Waals surface area contributed by atoms with Gasteiger partial charge in [-0.15, -0.1) is 0 Å². The minimum absolute atomic E-state index is 0.262. The van der Waals surface area contributed by atoms with E-state index in [1.54, 1.807) is 39.0 Å². The van der Waals surface area contributed by atoms with Gasteiger partial charge in [-0.05, 0) is 39.0 Å². The van der Waals surface area contributed by atoms with Crippen molar-refractivity contribution in [2.24, 2.45) is 5.41 Å². The van der Waals surface area contributed by atoms with Crippen molar-refractivity contribution in [1.29, 1.82) is 0 Å². The number of halogens is 2. The molecule has 0 radical (unpaired) electrons. The largest absolute Gasteiger partial charge is 0.465 e. The molecule has 1 N–H and O–H groups in total. The fourth-order valence-electron chi connectivity index (χ4n) is 1.54. The molecule has 3 nitrogen and oxygen atoms in total. The Morgan fingerprint density at radius 1 is 1.44 bits per heavy atom. The lowest BCUT2D eigenvalue weighted by Crippen LogP contribution is -2.33. The second-order valence-corrected chi connectivity index (χ2v) is 5.35. The Labute approximate surface area is 117 Å². The topological polar surface area (TPSA) is 46.5 Å². The lowest BCUT2D eigenvalue weighted by molar-refractivity contribution is -0.160. The van der Waals surface area contributed by atoms with Crippen LogP contribution in [0.1, 0.15) is 32.4 Å². The number of esters is 1. The zero-order valence-electron chi connectivity index (χ0n) is 10.5. The molecule has 5 heteroatoms. The van der Waals surface area contributed by atoms with Gasteiger partial charge >= 0.3 is 5.97 Å². The second kappa shape index (κ2) is 5.91. The summed E-state index contributed by atoms with van der Waals surface area (Å²) >= 11 is 11.9. The molecular formula is C13H16Cl2O3. The number of rotatable bonds is 4. The molecule has 0 saturated carbocycles. The molecule has 1 atom stereocenters. The molecule has 1 unspecified atom stereocenters. The molecule has 0 spiro atoms. The van der Waals surface area contributed by atoms with Crippen LogP contribution in [0.4, 0.5) is 0 Å². The summed E-state index contributed by atoms with van der Waals surface area (Å²) in [4.78, 5) is 11.8. The third-order valence-corrected chi connectivity index (χ3v) is 3.32. The van der Waals surface area contributed by atoms with E-state index in [1.165, 1.54) is 0 Å². The predicted octanol–water partition coefficient (Wildman–Crippen LogP) is 3.62. The highest BCUT2D eigenvalue weighted by molar-refractivity contribution is 6.33. The Morgan fingerprint density at radius 3 is 2.61 bits per heavy atom. The smallest absolute Gasteiger partial charge is 0.314 e. The van der Waals surface area contributed by atoms with Gasteiger partial charge in [0.05, 0.1) is 18.1 Å². The molecule has 0 heterocycles. The van der Waals surface area contributed by atoms with E-state index in [0.29, 0.717) is 15.6 Å². The van der Waals surface area contributed by atoms with Crippen molar-refractivity contribution in [1.82, 2.24) is 0 Å². The molecule has 100 valence electrons. The molecule has 1 aromatic carbocycles. The van der Waals surface area contributed by atoms with E-state index in [0.717, 1.165) is 0 Å². The standard InChI is InChI=1S/C13H16Cl2O3/c1-4-18-12(17)13(2,3)11(16)9-7-8(14)5-6-10(9)15/h5-7,11,16H,4H2,1-3H3. The molecule has 0 aromatic heterocycles. The van der Waals surface area contributed by atoms with Gasteiger partial charge in [0.25, 0.3) is 0 Å². The summed E-state index contributed by atoms with van der Waals surface area (Å²) in [5.74, 6) is -0.478. The quantitative estimate of drug-likeness (QED) is 0.862. The van der Waals surface area contributed by atoms with Crippen molar-refractivity contribution in [2.75, 3.05) is 6.61 Å². The highest BCUT2D eigenvalue weighted by Gasteiger charge is 2.39. The average Bonchev–Trinajstić information content (AvgIpc) is 2.31. The first-order valence-electron chi connectivity index (χ1n) is 5.61. The number of hydrogen-bond donors (Lipinski definition) is 1. The zero-order valence-corrected chi connectivity index (χ0v) is 12.0. The number of carbonyl (C=O) groups is 1. The van der Waals surface area contributed by atoms with E-state index in [2.05, 4.69) is 0 Å². The predicted molar refractivity (Wildman–Crippen MR) is 71.8 cm³/mol. The van der Waals surface area contributed by atoms with Crippen LogP contribution in [-0.4, -0.2) is 17.7 Å². The molecular weight excluding hydrogens is 275 g/mol. The van der Waals surface area contributed by atoms with Crippen LogP contribution in [0.15, 0.2) is 18.2 Å². The monoisotopic (exact) mass is 290 g/mol. The Morgan fingerprint density at radius 2 is 2.06 bits per heavy atom. The van der Waals surface area contributed by atoms with Gasteiger partial charge in [-0.1, -0.05) is 23.2 Å². The highest BCUT2D eigenvalue weighted by atomic mass is 35.5. The molecule has 18 heavy (non-hydrogen) atoms. The SMILES string of the molecule is CCOC(=O)C(C)(C)C(O)c1cc(Cl)ccc1Cl. The van der Waals surface area contributed by atoms with Crippen LogP contribution < -0.4 is 0 Å². The minimum Gasteiger partial charge on any atom is -0.465 e. The summed E-state index contributed by atoms with van der Waals surface area (Å²) in [7, 11) is 0. The Kier molecular flexibility index (Phi) is 5.02. The lowest BCUT2D eigenvalue weighted by atomic mass is 9.82. The molecule has 0 aliphatic heterocycles. The van der Waals surface area contributed by atoms with Crippen molar-refractivity contribution < 1.29 is 14.6 Å². The van der Waals surface area contributed by atoms with Gasteiger partial charge < -0.3 is 9.84 Å². The van der Waals surface area contributed by atoms with Crippen molar-refractivity contribution >= 4 is 29.2 Å². The summed E-state index contributed by atoms with van der Waals surface area (Å²) in [5, 5.41) is 11.1. The van der Waals surface area contributed by atoms with Crippen LogP contribution in [0.5, 0.6) is 0 Å². The van der Waals surface area contributed by atoms with E-state index in [-0.39, 0.29) is 6.61 Å². The Bertz CT molecular complexity index is 444. The van der Waals surface area contributed by atoms with Crippen LogP contribution >= 0.6 is 23.2 Å². The van der Waals surface area contributed by atoms with Crippen molar-refractivity contribution in [2.45, 2.75) is 26.9 Å². The summed E-state index contributed by atoms with van der Waals surface area (Å²) in [6.07, 6.45) is -1.08. The summed E-state index contributed by atoms with van der Waals surface area (Å²) in [5.41, 5.74) is -0.674. The number of aliphatic hydroxyl groups is 1. The lowest BCUT2D eigenvalue weighted by Gasteiger charge is -2.29. The molecule has 0 bridgehead atoms. The summed E-state index contributed by atoms with van der Waals surface area (Å²) in [6.45, 7) is 5.19. The molecule has 0 amide bonds. The normalized spacial score (nSPS) is 13.2. The third kappa shape index (κ3) is 3.16. The van der Waals surface area contributed by atoms with Crippen LogP contribution in [0, 0.1) is 5.41 Å². The first kappa shape index (κ1) is 15.3. The number of benzene rings is 1. The summed E-state index contributed by atoms with van der Waals surface area (Å²) < 4.78 is 4.94. The molecule has 1 rings (SSSR count).